The van der Waals surface area contributed by atoms with E-state index < -0.39 is 0 Å². The molecule has 0 aliphatic rings. The molecule has 0 atom stereocenters. The van der Waals surface area contributed by atoms with Gasteiger partial charge < -0.3 is 5.32 Å². The van der Waals surface area contributed by atoms with Crippen LogP contribution in [0.25, 0.3) is 0 Å². The van der Waals surface area contributed by atoms with Crippen LogP contribution in [0.3, 0.4) is 0 Å². The molecule has 56 valence electrons. The van der Waals surface area contributed by atoms with Gasteiger partial charge in [-0.1, -0.05) is 0 Å². The third-order valence-corrected chi connectivity index (χ3v) is 2.05. The molecule has 0 saturated carbocycles. The summed E-state index contributed by atoms with van der Waals surface area (Å²) < 4.78 is 4.61. The lowest BCUT2D eigenvalue weighted by atomic mass is 10.4. The molecule has 0 aliphatic carbocycles. The average Bonchev–Trinajstić information content (AvgIpc) is 2.13. The summed E-state index contributed by atoms with van der Waals surface area (Å²) in [6.45, 7) is 4.13. The Balaban J connectivity index is 2.58. The van der Waals surface area contributed by atoms with Crippen molar-refractivity contribution in [2.75, 3.05) is 5.32 Å². The molecule has 0 aliphatic heterocycles. The summed E-state index contributed by atoms with van der Waals surface area (Å²) in [5, 5.41) is 4.00. The first kappa shape index (κ1) is 7.94. The molecule has 0 amide bonds. The Bertz CT molecular complexity index is 210. The zero-order chi connectivity index (χ0) is 7.56. The number of anilines is 1. The molecule has 0 unspecified atom stereocenters. The van der Waals surface area contributed by atoms with E-state index in [1.807, 2.05) is 0 Å². The monoisotopic (exact) mass is 221 g/mol. The second-order valence-corrected chi connectivity index (χ2v) is 3.63. The second-order valence-electron chi connectivity index (χ2n) is 2.17. The number of hydrogen-bond donors (Lipinski definition) is 1. The van der Waals surface area contributed by atoms with E-state index in [2.05, 4.69) is 44.5 Å². The number of aromatic nitrogens is 2. The molecule has 0 aromatic carbocycles. The summed E-state index contributed by atoms with van der Waals surface area (Å²) in [6, 6.07) is 0.417. The van der Waals surface area contributed by atoms with Gasteiger partial charge in [0, 0.05) is 17.6 Å². The lowest BCUT2D eigenvalue weighted by molar-refractivity contribution is 0.895. The summed E-state index contributed by atoms with van der Waals surface area (Å²) >= 11 is 4.53. The number of rotatable bonds is 2. The van der Waals surface area contributed by atoms with Gasteiger partial charge in [0.15, 0.2) is 0 Å². The van der Waals surface area contributed by atoms with E-state index in [1.165, 1.54) is 11.5 Å². The maximum absolute atomic E-state index is 4.06. The number of nitrogens with one attached hydrogen (secondary N) is 1. The standard InChI is InChI=1S/C5H8BrN3S/c1-3(2)7-5-8-4(6)9-10-5/h3H,1-2H3,(H,7,8,9). The van der Waals surface area contributed by atoms with Gasteiger partial charge in [-0.3, -0.25) is 0 Å². The van der Waals surface area contributed by atoms with Gasteiger partial charge in [-0.25, -0.2) is 0 Å². The topological polar surface area (TPSA) is 37.8 Å². The van der Waals surface area contributed by atoms with Crippen LogP contribution in [-0.2, 0) is 0 Å². The SMILES string of the molecule is CC(C)Nc1nc(Br)ns1. The van der Waals surface area contributed by atoms with Gasteiger partial charge in [-0.05, 0) is 29.8 Å². The third kappa shape index (κ3) is 2.22. The fourth-order valence-corrected chi connectivity index (χ4v) is 1.64. The van der Waals surface area contributed by atoms with Crippen LogP contribution in [0.2, 0.25) is 0 Å². The molecule has 10 heavy (non-hydrogen) atoms. The second kappa shape index (κ2) is 3.30. The molecule has 1 aromatic heterocycles. The molecule has 0 bridgehead atoms. The maximum atomic E-state index is 4.06. The van der Waals surface area contributed by atoms with Gasteiger partial charge in [0.25, 0.3) is 0 Å². The predicted molar refractivity (Wildman–Crippen MR) is 46.4 cm³/mol. The van der Waals surface area contributed by atoms with Crippen molar-refractivity contribution >= 4 is 32.6 Å². The van der Waals surface area contributed by atoms with Crippen LogP contribution in [-0.4, -0.2) is 15.4 Å². The first-order valence-electron chi connectivity index (χ1n) is 2.94. The summed E-state index contributed by atoms with van der Waals surface area (Å²) in [5.41, 5.74) is 0. The minimum absolute atomic E-state index is 0.417. The summed E-state index contributed by atoms with van der Waals surface area (Å²) in [5.74, 6) is 0. The lowest BCUT2D eigenvalue weighted by Gasteiger charge is -2.02. The Labute approximate surface area is 72.2 Å². The van der Waals surface area contributed by atoms with Crippen LogP contribution in [0.15, 0.2) is 4.73 Å². The smallest absolute Gasteiger partial charge is 0.210 e. The van der Waals surface area contributed by atoms with Crippen molar-refractivity contribution in [3.63, 3.8) is 0 Å². The fourth-order valence-electron chi connectivity index (χ4n) is 0.511. The minimum atomic E-state index is 0.417. The van der Waals surface area contributed by atoms with Gasteiger partial charge in [-0.15, -0.1) is 0 Å². The van der Waals surface area contributed by atoms with Crippen LogP contribution in [0, 0.1) is 0 Å². The van der Waals surface area contributed by atoms with Crippen LogP contribution >= 0.6 is 27.5 Å². The predicted octanol–water partition coefficient (Wildman–Crippen LogP) is 2.12. The first-order chi connectivity index (χ1) is 4.68. The molecule has 1 rings (SSSR count). The van der Waals surface area contributed by atoms with E-state index in [-0.39, 0.29) is 0 Å². The van der Waals surface area contributed by atoms with Crippen molar-refractivity contribution in [1.82, 2.24) is 9.36 Å². The zero-order valence-electron chi connectivity index (χ0n) is 5.76. The first-order valence-corrected chi connectivity index (χ1v) is 4.51. The third-order valence-electron chi connectivity index (χ3n) is 0.813. The molecule has 0 radical (unpaired) electrons. The molecule has 1 heterocycles. The Morgan fingerprint density at radius 1 is 1.60 bits per heavy atom. The van der Waals surface area contributed by atoms with Crippen molar-refractivity contribution in [3.8, 4) is 0 Å². The lowest BCUT2D eigenvalue weighted by Crippen LogP contribution is -2.08. The molecule has 5 heteroatoms. The Morgan fingerprint density at radius 2 is 2.30 bits per heavy atom. The van der Waals surface area contributed by atoms with Crippen LogP contribution < -0.4 is 5.32 Å². The van der Waals surface area contributed by atoms with E-state index in [0.717, 1.165) is 5.13 Å². The van der Waals surface area contributed by atoms with Crippen molar-refractivity contribution in [2.24, 2.45) is 0 Å². The largest absolute Gasteiger partial charge is 0.358 e. The Hall–Kier alpha value is -0.160. The highest BCUT2D eigenvalue weighted by Crippen LogP contribution is 2.15. The van der Waals surface area contributed by atoms with Gasteiger partial charge in [0.1, 0.15) is 0 Å². The van der Waals surface area contributed by atoms with E-state index in [0.29, 0.717) is 10.8 Å². The fraction of sp³-hybridized carbons (Fsp3) is 0.600. The van der Waals surface area contributed by atoms with Crippen LogP contribution in [0.4, 0.5) is 5.13 Å². The number of hydrogen-bond acceptors (Lipinski definition) is 4. The molecule has 1 N–H and O–H groups in total. The van der Waals surface area contributed by atoms with Crippen molar-refractivity contribution in [1.29, 1.82) is 0 Å². The average molecular weight is 222 g/mol. The van der Waals surface area contributed by atoms with Gasteiger partial charge in [0.05, 0.1) is 0 Å². The van der Waals surface area contributed by atoms with Gasteiger partial charge >= 0.3 is 0 Å². The van der Waals surface area contributed by atoms with Crippen molar-refractivity contribution in [2.45, 2.75) is 19.9 Å². The summed E-state index contributed by atoms with van der Waals surface area (Å²) in [6.07, 6.45) is 0. The van der Waals surface area contributed by atoms with E-state index in [1.54, 1.807) is 0 Å². The molecule has 3 nitrogen and oxygen atoms in total. The molecular weight excluding hydrogens is 214 g/mol. The van der Waals surface area contributed by atoms with Crippen LogP contribution in [0.1, 0.15) is 13.8 Å². The molecule has 0 spiro atoms. The Morgan fingerprint density at radius 3 is 2.70 bits per heavy atom. The highest BCUT2D eigenvalue weighted by atomic mass is 79.9. The zero-order valence-corrected chi connectivity index (χ0v) is 8.16. The van der Waals surface area contributed by atoms with E-state index in [9.17, 15) is 0 Å². The van der Waals surface area contributed by atoms with E-state index in [4.69, 9.17) is 0 Å². The quantitative estimate of drug-likeness (QED) is 0.832. The number of nitrogens with zero attached hydrogens (tertiary/aromatic N) is 2. The number of halogens is 1. The Kier molecular flexibility index (Phi) is 2.62. The van der Waals surface area contributed by atoms with Gasteiger partial charge in [-0.2, -0.15) is 9.36 Å². The molecule has 0 fully saturated rings. The highest BCUT2D eigenvalue weighted by Gasteiger charge is 2.00. The summed E-state index contributed by atoms with van der Waals surface area (Å²) in [4.78, 5) is 4.06. The minimum Gasteiger partial charge on any atom is -0.358 e. The maximum Gasteiger partial charge on any atom is 0.210 e. The molecule has 1 aromatic rings. The van der Waals surface area contributed by atoms with Gasteiger partial charge in [0.2, 0.25) is 9.87 Å². The van der Waals surface area contributed by atoms with Crippen molar-refractivity contribution < 1.29 is 0 Å². The highest BCUT2D eigenvalue weighted by molar-refractivity contribution is 9.10. The molecular formula is C5H8BrN3S. The van der Waals surface area contributed by atoms with Crippen LogP contribution in [0.5, 0.6) is 0 Å². The van der Waals surface area contributed by atoms with E-state index >= 15 is 0 Å². The summed E-state index contributed by atoms with van der Waals surface area (Å²) in [7, 11) is 0. The molecule has 0 saturated heterocycles. The van der Waals surface area contributed by atoms with Crippen molar-refractivity contribution in [3.05, 3.63) is 4.73 Å². The normalized spacial score (nSPS) is 10.4.